The van der Waals surface area contributed by atoms with Gasteiger partial charge < -0.3 is 16.0 Å². The fraction of sp³-hybridized carbons (Fsp3) is 0.857. The molecule has 5 nitrogen and oxygen atoms in total. The Morgan fingerprint density at radius 2 is 2.00 bits per heavy atom. The van der Waals surface area contributed by atoms with Gasteiger partial charge in [-0.1, -0.05) is 6.92 Å². The first-order chi connectivity index (χ1) is 9.15. The van der Waals surface area contributed by atoms with Gasteiger partial charge in [-0.15, -0.1) is 0 Å². The summed E-state index contributed by atoms with van der Waals surface area (Å²) in [6.45, 7) is 3.64. The van der Waals surface area contributed by atoms with E-state index in [9.17, 15) is 9.59 Å². The van der Waals surface area contributed by atoms with E-state index < -0.39 is 0 Å². The van der Waals surface area contributed by atoms with Crippen LogP contribution < -0.4 is 16.0 Å². The number of hydrogen-bond acceptors (Lipinski definition) is 3. The molecular formula is C14H25N3O2. The van der Waals surface area contributed by atoms with E-state index in [1.54, 1.807) is 0 Å². The molecule has 0 aromatic heterocycles. The van der Waals surface area contributed by atoms with Crippen LogP contribution in [0, 0.1) is 5.92 Å². The molecule has 3 N–H and O–H groups in total. The molecule has 1 aliphatic carbocycles. The summed E-state index contributed by atoms with van der Waals surface area (Å²) >= 11 is 0. The molecule has 19 heavy (non-hydrogen) atoms. The van der Waals surface area contributed by atoms with Gasteiger partial charge in [0, 0.05) is 31.5 Å². The second-order valence-electron chi connectivity index (χ2n) is 5.83. The maximum atomic E-state index is 11.8. The quantitative estimate of drug-likeness (QED) is 0.658. The van der Waals surface area contributed by atoms with Crippen molar-refractivity contribution in [2.45, 2.75) is 57.5 Å². The summed E-state index contributed by atoms with van der Waals surface area (Å²) < 4.78 is 0. The van der Waals surface area contributed by atoms with E-state index in [4.69, 9.17) is 0 Å². The Morgan fingerprint density at radius 3 is 2.68 bits per heavy atom. The highest BCUT2D eigenvalue weighted by Gasteiger charge is 2.24. The maximum absolute atomic E-state index is 11.8. The van der Waals surface area contributed by atoms with Crippen molar-refractivity contribution in [3.05, 3.63) is 0 Å². The SMILES string of the molecule is CC1CCCNC1CC(=O)NCCC(=O)NC1CC1. The van der Waals surface area contributed by atoms with Crippen molar-refractivity contribution in [3.8, 4) is 0 Å². The third kappa shape index (κ3) is 5.19. The molecule has 1 heterocycles. The molecule has 0 aromatic rings. The summed E-state index contributed by atoms with van der Waals surface area (Å²) in [6, 6.07) is 0.685. The van der Waals surface area contributed by atoms with E-state index in [1.807, 2.05) is 0 Å². The van der Waals surface area contributed by atoms with Crippen LogP contribution in [0.5, 0.6) is 0 Å². The number of carbonyl (C=O) groups excluding carboxylic acids is 2. The fourth-order valence-electron chi connectivity index (χ4n) is 2.50. The molecule has 5 heteroatoms. The van der Waals surface area contributed by atoms with Gasteiger partial charge in [-0.05, 0) is 38.1 Å². The lowest BCUT2D eigenvalue weighted by Gasteiger charge is -2.29. The molecule has 0 spiro atoms. The van der Waals surface area contributed by atoms with Crippen LogP contribution in [0.15, 0.2) is 0 Å². The summed E-state index contributed by atoms with van der Waals surface area (Å²) in [5.41, 5.74) is 0. The number of amides is 2. The van der Waals surface area contributed by atoms with Gasteiger partial charge in [0.15, 0.2) is 0 Å². The number of rotatable bonds is 6. The minimum Gasteiger partial charge on any atom is -0.356 e. The Balaban J connectivity index is 1.57. The Hall–Kier alpha value is -1.10. The van der Waals surface area contributed by atoms with Crippen LogP contribution in [0.3, 0.4) is 0 Å². The van der Waals surface area contributed by atoms with Crippen LogP contribution >= 0.6 is 0 Å². The summed E-state index contributed by atoms with van der Waals surface area (Å²) in [7, 11) is 0. The van der Waals surface area contributed by atoms with E-state index in [0.29, 0.717) is 31.3 Å². The largest absolute Gasteiger partial charge is 0.356 e. The lowest BCUT2D eigenvalue weighted by Crippen LogP contribution is -2.43. The minimum absolute atomic E-state index is 0.0467. The molecule has 2 fully saturated rings. The van der Waals surface area contributed by atoms with Gasteiger partial charge in [-0.2, -0.15) is 0 Å². The zero-order chi connectivity index (χ0) is 13.7. The van der Waals surface area contributed by atoms with Crippen molar-refractivity contribution in [3.63, 3.8) is 0 Å². The second kappa shape index (κ2) is 6.89. The third-order valence-electron chi connectivity index (χ3n) is 3.95. The Labute approximate surface area is 114 Å². The molecule has 2 unspecified atom stereocenters. The van der Waals surface area contributed by atoms with Gasteiger partial charge in [-0.3, -0.25) is 9.59 Å². The maximum Gasteiger partial charge on any atom is 0.221 e. The number of hydrogen-bond donors (Lipinski definition) is 3. The molecule has 1 saturated heterocycles. The van der Waals surface area contributed by atoms with Crippen molar-refractivity contribution in [2.75, 3.05) is 13.1 Å². The summed E-state index contributed by atoms with van der Waals surface area (Å²) in [5.74, 6) is 0.648. The average Bonchev–Trinajstić information content (AvgIpc) is 3.16. The molecule has 2 aliphatic rings. The molecule has 0 radical (unpaired) electrons. The van der Waals surface area contributed by atoms with Gasteiger partial charge in [0.1, 0.15) is 0 Å². The van der Waals surface area contributed by atoms with Crippen LogP contribution in [-0.2, 0) is 9.59 Å². The first-order valence-corrected chi connectivity index (χ1v) is 7.44. The van der Waals surface area contributed by atoms with E-state index in [1.165, 1.54) is 12.8 Å². The number of nitrogens with one attached hydrogen (secondary N) is 3. The number of carbonyl (C=O) groups is 2. The van der Waals surface area contributed by atoms with Gasteiger partial charge in [-0.25, -0.2) is 0 Å². The summed E-state index contributed by atoms with van der Waals surface area (Å²) in [6.07, 6.45) is 5.49. The predicted molar refractivity (Wildman–Crippen MR) is 73.6 cm³/mol. The molecule has 2 rings (SSSR count). The van der Waals surface area contributed by atoms with Crippen molar-refractivity contribution < 1.29 is 9.59 Å². The van der Waals surface area contributed by atoms with Crippen LogP contribution in [0.25, 0.3) is 0 Å². The highest BCUT2D eigenvalue weighted by Crippen LogP contribution is 2.19. The monoisotopic (exact) mass is 267 g/mol. The van der Waals surface area contributed by atoms with E-state index in [-0.39, 0.29) is 17.9 Å². The first kappa shape index (κ1) is 14.3. The normalized spacial score (nSPS) is 26.8. The standard InChI is InChI=1S/C14H25N3O2/c1-10-3-2-7-15-12(10)9-14(19)16-8-6-13(18)17-11-4-5-11/h10-12,15H,2-9H2,1H3,(H,16,19)(H,17,18). The lowest BCUT2D eigenvalue weighted by atomic mass is 9.90. The first-order valence-electron chi connectivity index (χ1n) is 7.44. The van der Waals surface area contributed by atoms with Crippen molar-refractivity contribution in [2.24, 2.45) is 5.92 Å². The summed E-state index contributed by atoms with van der Waals surface area (Å²) in [4.78, 5) is 23.2. The van der Waals surface area contributed by atoms with Gasteiger partial charge in [0.25, 0.3) is 0 Å². The van der Waals surface area contributed by atoms with Crippen molar-refractivity contribution >= 4 is 11.8 Å². The third-order valence-corrected chi connectivity index (χ3v) is 3.95. The van der Waals surface area contributed by atoms with Crippen LogP contribution in [-0.4, -0.2) is 37.0 Å². The van der Waals surface area contributed by atoms with Gasteiger partial charge in [0.05, 0.1) is 0 Å². The molecule has 0 aromatic carbocycles. The Bertz CT molecular complexity index is 329. The van der Waals surface area contributed by atoms with E-state index in [0.717, 1.165) is 19.4 Å². The molecular weight excluding hydrogens is 242 g/mol. The van der Waals surface area contributed by atoms with E-state index >= 15 is 0 Å². The second-order valence-corrected chi connectivity index (χ2v) is 5.83. The minimum atomic E-state index is 0.0467. The fourth-order valence-corrected chi connectivity index (χ4v) is 2.50. The number of piperidine rings is 1. The highest BCUT2D eigenvalue weighted by atomic mass is 16.2. The molecule has 108 valence electrons. The lowest BCUT2D eigenvalue weighted by molar-refractivity contribution is -0.122. The van der Waals surface area contributed by atoms with Crippen LogP contribution in [0.2, 0.25) is 0 Å². The van der Waals surface area contributed by atoms with E-state index in [2.05, 4.69) is 22.9 Å². The summed E-state index contributed by atoms with van der Waals surface area (Å²) in [5, 5.41) is 9.14. The smallest absolute Gasteiger partial charge is 0.221 e. The van der Waals surface area contributed by atoms with Crippen LogP contribution in [0.4, 0.5) is 0 Å². The molecule has 1 saturated carbocycles. The average molecular weight is 267 g/mol. The van der Waals surface area contributed by atoms with Gasteiger partial charge in [0.2, 0.25) is 11.8 Å². The van der Waals surface area contributed by atoms with Crippen LogP contribution in [0.1, 0.15) is 45.4 Å². The predicted octanol–water partition coefficient (Wildman–Crippen LogP) is 0.550. The molecule has 0 bridgehead atoms. The Kier molecular flexibility index (Phi) is 5.19. The zero-order valence-corrected chi connectivity index (χ0v) is 11.7. The van der Waals surface area contributed by atoms with Crippen molar-refractivity contribution in [1.82, 2.24) is 16.0 Å². The van der Waals surface area contributed by atoms with Gasteiger partial charge >= 0.3 is 0 Å². The topological polar surface area (TPSA) is 70.2 Å². The highest BCUT2D eigenvalue weighted by molar-refractivity contribution is 5.79. The zero-order valence-electron chi connectivity index (χ0n) is 11.7. The molecule has 2 amide bonds. The Morgan fingerprint density at radius 1 is 1.21 bits per heavy atom. The van der Waals surface area contributed by atoms with Crippen molar-refractivity contribution in [1.29, 1.82) is 0 Å². The molecule has 1 aliphatic heterocycles. The molecule has 2 atom stereocenters.